The Morgan fingerprint density at radius 2 is 1.79 bits per heavy atom. The van der Waals surface area contributed by atoms with Crippen LogP contribution in [0.1, 0.15) is 22.3 Å². The number of esters is 1. The van der Waals surface area contributed by atoms with Crippen molar-refractivity contribution < 1.29 is 37.8 Å². The van der Waals surface area contributed by atoms with E-state index in [1.54, 1.807) is 24.3 Å². The van der Waals surface area contributed by atoms with Crippen LogP contribution in [0.4, 0.5) is 13.2 Å². The number of ether oxygens (including phenoxy) is 1. The number of aliphatic hydroxyl groups excluding tert-OH is 1. The van der Waals surface area contributed by atoms with E-state index < -0.39 is 43.2 Å². The quantitative estimate of drug-likeness (QED) is 0.206. The van der Waals surface area contributed by atoms with Crippen LogP contribution in [0.2, 0.25) is 5.02 Å². The molecule has 0 spiro atoms. The monoisotopic (exact) mass is 562 g/mol. The highest BCUT2D eigenvalue weighted by Gasteiger charge is 2.32. The van der Waals surface area contributed by atoms with Crippen LogP contribution in [0, 0.1) is 0 Å². The molecule has 1 heterocycles. The van der Waals surface area contributed by atoms with Gasteiger partial charge in [0.25, 0.3) is 5.91 Å². The van der Waals surface area contributed by atoms with Crippen LogP contribution in [-0.2, 0) is 16.0 Å². The number of fused-ring (bicyclic) bond motifs is 1. The maximum absolute atomic E-state index is 13.0. The molecular weight excluding hydrogens is 541 g/mol. The van der Waals surface area contributed by atoms with Gasteiger partial charge in [-0.15, -0.1) is 5.10 Å². The molecule has 1 aromatic heterocycles. The molecule has 2 atom stereocenters. The standard InChI is InChI=1S/C26H22ClF3N4O5/c27-19-3-1-2-17(11-19)16-6-4-15(5-7-16)10-20(13-23(35)25(37)39-14-26(28,29)30)31-24(36)18-8-9-21-22(12-18)34(38)33-32-21/h1-9,11-12,20,23,35,38H,10,13-14H2,(H,31,36). The second kappa shape index (κ2) is 11.7. The van der Waals surface area contributed by atoms with Gasteiger partial charge in [-0.3, -0.25) is 4.79 Å². The number of hydrogen-bond acceptors (Lipinski definition) is 7. The molecule has 0 aliphatic rings. The normalized spacial score (nSPS) is 13.2. The number of halogens is 4. The summed E-state index contributed by atoms with van der Waals surface area (Å²) in [5.74, 6) is -2.07. The van der Waals surface area contributed by atoms with Crippen LogP contribution >= 0.6 is 11.6 Å². The Bertz CT molecular complexity index is 1480. The summed E-state index contributed by atoms with van der Waals surface area (Å²) in [6, 6.07) is 17.9. The average Bonchev–Trinajstić information content (AvgIpc) is 3.27. The van der Waals surface area contributed by atoms with Crippen LogP contribution in [0.15, 0.2) is 66.7 Å². The second-order valence-electron chi connectivity index (χ2n) is 8.74. The first-order chi connectivity index (χ1) is 18.5. The number of nitrogens with zero attached hydrogens (tertiary/aromatic N) is 3. The minimum absolute atomic E-state index is 0.121. The summed E-state index contributed by atoms with van der Waals surface area (Å²) >= 11 is 6.06. The van der Waals surface area contributed by atoms with Gasteiger partial charge in [-0.05, 0) is 58.7 Å². The first kappa shape index (κ1) is 27.9. The fraction of sp³-hybridized carbons (Fsp3) is 0.231. The molecule has 0 saturated carbocycles. The largest absolute Gasteiger partial charge is 0.454 e. The van der Waals surface area contributed by atoms with Crippen molar-refractivity contribution in [1.29, 1.82) is 0 Å². The molecule has 0 aliphatic heterocycles. The number of carbonyl (C=O) groups is 2. The zero-order chi connectivity index (χ0) is 28.2. The van der Waals surface area contributed by atoms with E-state index >= 15 is 0 Å². The third-order valence-electron chi connectivity index (χ3n) is 5.78. The summed E-state index contributed by atoms with van der Waals surface area (Å²) in [7, 11) is 0. The number of amides is 1. The maximum Gasteiger partial charge on any atom is 0.422 e. The lowest BCUT2D eigenvalue weighted by molar-refractivity contribution is -0.192. The van der Waals surface area contributed by atoms with Crippen molar-refractivity contribution >= 4 is 34.5 Å². The van der Waals surface area contributed by atoms with E-state index in [0.717, 1.165) is 16.7 Å². The van der Waals surface area contributed by atoms with Crippen molar-refractivity contribution in [3.8, 4) is 11.1 Å². The topological polar surface area (TPSA) is 127 Å². The lowest BCUT2D eigenvalue weighted by Crippen LogP contribution is -2.41. The highest BCUT2D eigenvalue weighted by atomic mass is 35.5. The molecule has 4 rings (SSSR count). The van der Waals surface area contributed by atoms with Gasteiger partial charge >= 0.3 is 12.1 Å². The number of rotatable bonds is 9. The molecule has 204 valence electrons. The number of alkyl halides is 3. The van der Waals surface area contributed by atoms with Crippen LogP contribution < -0.4 is 5.32 Å². The van der Waals surface area contributed by atoms with Crippen molar-refractivity contribution in [2.45, 2.75) is 31.2 Å². The van der Waals surface area contributed by atoms with Gasteiger partial charge in [0.05, 0.1) is 0 Å². The molecule has 4 aromatic rings. The minimum atomic E-state index is -4.75. The lowest BCUT2D eigenvalue weighted by atomic mass is 9.97. The van der Waals surface area contributed by atoms with Gasteiger partial charge in [0.2, 0.25) is 0 Å². The Hall–Kier alpha value is -4.16. The maximum atomic E-state index is 13.0. The predicted octanol–water partition coefficient (Wildman–Crippen LogP) is 4.19. The Kier molecular flexibility index (Phi) is 8.36. The van der Waals surface area contributed by atoms with Gasteiger partial charge in [0.1, 0.15) is 11.0 Å². The fourth-order valence-corrected chi connectivity index (χ4v) is 4.10. The molecule has 0 fully saturated rings. The van der Waals surface area contributed by atoms with Crippen molar-refractivity contribution in [3.05, 3.63) is 82.9 Å². The average molecular weight is 563 g/mol. The molecule has 0 saturated heterocycles. The summed E-state index contributed by atoms with van der Waals surface area (Å²) in [6.45, 7) is -1.84. The third-order valence-corrected chi connectivity index (χ3v) is 6.01. The molecule has 0 bridgehead atoms. The van der Waals surface area contributed by atoms with Gasteiger partial charge in [-0.1, -0.05) is 52.8 Å². The molecule has 0 aliphatic carbocycles. The SMILES string of the molecule is O=C(NC(Cc1ccc(-c2cccc(Cl)c2)cc1)CC(O)C(=O)OCC(F)(F)F)c1ccc2nnn(O)c2c1. The van der Waals surface area contributed by atoms with E-state index in [-0.39, 0.29) is 17.5 Å². The number of hydrogen-bond donors (Lipinski definition) is 3. The number of carbonyl (C=O) groups excluding carboxylic acids is 2. The minimum Gasteiger partial charge on any atom is -0.454 e. The zero-order valence-electron chi connectivity index (χ0n) is 20.1. The number of aromatic nitrogens is 3. The zero-order valence-corrected chi connectivity index (χ0v) is 20.9. The van der Waals surface area contributed by atoms with Gasteiger partial charge in [0, 0.05) is 23.0 Å². The molecule has 3 aromatic carbocycles. The van der Waals surface area contributed by atoms with Gasteiger partial charge in [-0.2, -0.15) is 13.2 Å². The number of aliphatic hydroxyl groups is 1. The Morgan fingerprint density at radius 1 is 1.05 bits per heavy atom. The Morgan fingerprint density at radius 3 is 2.49 bits per heavy atom. The third kappa shape index (κ3) is 7.45. The Labute approximate surface area is 224 Å². The summed E-state index contributed by atoms with van der Waals surface area (Å²) in [6.07, 6.45) is -6.96. The molecule has 3 N–H and O–H groups in total. The highest BCUT2D eigenvalue weighted by molar-refractivity contribution is 6.30. The van der Waals surface area contributed by atoms with E-state index in [0.29, 0.717) is 15.4 Å². The Balaban J connectivity index is 1.51. The molecule has 2 unspecified atom stereocenters. The number of benzene rings is 3. The fourth-order valence-electron chi connectivity index (χ4n) is 3.91. The molecule has 0 radical (unpaired) electrons. The molecule has 1 amide bonds. The van der Waals surface area contributed by atoms with Crippen LogP contribution in [-0.4, -0.2) is 62.3 Å². The first-order valence-corrected chi connectivity index (χ1v) is 12.0. The lowest BCUT2D eigenvalue weighted by Gasteiger charge is -2.22. The van der Waals surface area contributed by atoms with Gasteiger partial charge in [-0.25, -0.2) is 4.79 Å². The smallest absolute Gasteiger partial charge is 0.422 e. The van der Waals surface area contributed by atoms with Gasteiger partial charge in [0.15, 0.2) is 12.7 Å². The van der Waals surface area contributed by atoms with E-state index in [1.807, 2.05) is 24.3 Å². The van der Waals surface area contributed by atoms with Gasteiger partial charge < -0.3 is 20.4 Å². The first-order valence-electron chi connectivity index (χ1n) is 11.6. The summed E-state index contributed by atoms with van der Waals surface area (Å²) in [5.41, 5.74) is 3.11. The highest BCUT2D eigenvalue weighted by Crippen LogP contribution is 2.24. The van der Waals surface area contributed by atoms with Crippen molar-refractivity contribution in [3.63, 3.8) is 0 Å². The summed E-state index contributed by atoms with van der Waals surface area (Å²) < 4.78 is 41.4. The van der Waals surface area contributed by atoms with Crippen molar-refractivity contribution in [1.82, 2.24) is 20.5 Å². The van der Waals surface area contributed by atoms with Crippen LogP contribution in [0.25, 0.3) is 22.2 Å². The number of nitrogens with one attached hydrogen (secondary N) is 1. The molecule has 13 heteroatoms. The van der Waals surface area contributed by atoms with E-state index in [4.69, 9.17) is 11.6 Å². The summed E-state index contributed by atoms with van der Waals surface area (Å²) in [5, 5.41) is 30.4. The van der Waals surface area contributed by atoms with E-state index in [9.17, 15) is 33.1 Å². The summed E-state index contributed by atoms with van der Waals surface area (Å²) in [4.78, 5) is 25.5. The second-order valence-corrected chi connectivity index (χ2v) is 9.17. The van der Waals surface area contributed by atoms with E-state index in [1.165, 1.54) is 18.2 Å². The van der Waals surface area contributed by atoms with E-state index in [2.05, 4.69) is 20.4 Å². The van der Waals surface area contributed by atoms with Crippen LogP contribution in [0.5, 0.6) is 0 Å². The predicted molar refractivity (Wildman–Crippen MR) is 134 cm³/mol. The van der Waals surface area contributed by atoms with Crippen molar-refractivity contribution in [2.75, 3.05) is 6.61 Å². The molecule has 39 heavy (non-hydrogen) atoms. The molecule has 9 nitrogen and oxygen atoms in total. The van der Waals surface area contributed by atoms with Crippen LogP contribution in [0.3, 0.4) is 0 Å². The molecular formula is C26H22ClF3N4O5. The van der Waals surface area contributed by atoms with Crippen molar-refractivity contribution in [2.24, 2.45) is 0 Å².